The standard InChI is InChI=1S/C17H17ClN2O5S/c18-12-5-3-11(4-6-12)15(21)16(19-13-7-9-26(23,24)10-13)20-17(22)14-2-1-8-25-14/h1-6,8,13,16,19H,7,9-10H2,(H,20,22)/p+1/t13-,16-/m1/s1. The molecule has 1 aromatic carbocycles. The highest BCUT2D eigenvalue weighted by atomic mass is 35.5. The number of carbonyl (C=O) groups is 2. The second-order valence-electron chi connectivity index (χ2n) is 6.16. The van der Waals surface area contributed by atoms with Crippen LogP contribution in [0, 0.1) is 0 Å². The maximum atomic E-state index is 12.8. The number of Topliss-reactive ketones (excluding diaryl/α,β-unsaturated/α-hetero) is 1. The first kappa shape index (κ1) is 18.6. The van der Waals surface area contributed by atoms with Crippen molar-refractivity contribution in [1.82, 2.24) is 5.32 Å². The first-order valence-electron chi connectivity index (χ1n) is 8.03. The summed E-state index contributed by atoms with van der Waals surface area (Å²) in [5.41, 5.74) is 0.372. The van der Waals surface area contributed by atoms with Crippen LogP contribution in [0.4, 0.5) is 0 Å². The van der Waals surface area contributed by atoms with Gasteiger partial charge in [-0.2, -0.15) is 0 Å². The Morgan fingerprint density at radius 1 is 1.23 bits per heavy atom. The zero-order valence-electron chi connectivity index (χ0n) is 13.7. The Morgan fingerprint density at radius 3 is 2.54 bits per heavy atom. The van der Waals surface area contributed by atoms with Crippen molar-refractivity contribution in [2.75, 3.05) is 11.5 Å². The van der Waals surface area contributed by atoms with E-state index in [1.807, 2.05) is 0 Å². The Hall–Kier alpha value is -2.16. The van der Waals surface area contributed by atoms with Gasteiger partial charge in [-0.3, -0.25) is 14.9 Å². The molecule has 7 nitrogen and oxygen atoms in total. The van der Waals surface area contributed by atoms with Crippen LogP contribution in [0.15, 0.2) is 47.1 Å². The average molecular weight is 398 g/mol. The highest BCUT2D eigenvalue weighted by Crippen LogP contribution is 2.12. The van der Waals surface area contributed by atoms with E-state index in [9.17, 15) is 18.0 Å². The van der Waals surface area contributed by atoms with Gasteiger partial charge in [-0.15, -0.1) is 0 Å². The van der Waals surface area contributed by atoms with E-state index in [-0.39, 0.29) is 29.1 Å². The number of carbonyl (C=O) groups excluding carboxylic acids is 2. The fourth-order valence-electron chi connectivity index (χ4n) is 2.86. The molecule has 1 aromatic heterocycles. The Kier molecular flexibility index (Phi) is 5.45. The van der Waals surface area contributed by atoms with E-state index in [0.29, 0.717) is 17.0 Å². The number of hydrogen-bond donors (Lipinski definition) is 2. The van der Waals surface area contributed by atoms with Gasteiger partial charge in [0, 0.05) is 17.0 Å². The van der Waals surface area contributed by atoms with Crippen LogP contribution in [-0.2, 0) is 9.84 Å². The number of hydrogen-bond acceptors (Lipinski definition) is 5. The van der Waals surface area contributed by atoms with Crippen molar-refractivity contribution in [2.24, 2.45) is 0 Å². The van der Waals surface area contributed by atoms with Gasteiger partial charge >= 0.3 is 0 Å². The molecule has 26 heavy (non-hydrogen) atoms. The lowest BCUT2D eigenvalue weighted by molar-refractivity contribution is -0.706. The van der Waals surface area contributed by atoms with Gasteiger partial charge in [0.05, 0.1) is 12.0 Å². The van der Waals surface area contributed by atoms with Gasteiger partial charge in [0.25, 0.3) is 5.91 Å². The predicted molar refractivity (Wildman–Crippen MR) is 94.7 cm³/mol. The summed E-state index contributed by atoms with van der Waals surface area (Å²) in [6.07, 6.45) is 0.828. The molecule has 0 aliphatic carbocycles. The quantitative estimate of drug-likeness (QED) is 0.548. The van der Waals surface area contributed by atoms with Crippen LogP contribution in [0.2, 0.25) is 5.02 Å². The molecule has 0 unspecified atom stereocenters. The molecular weight excluding hydrogens is 380 g/mol. The van der Waals surface area contributed by atoms with E-state index in [2.05, 4.69) is 5.32 Å². The van der Waals surface area contributed by atoms with Gasteiger partial charge in [-0.05, 0) is 36.4 Å². The maximum Gasteiger partial charge on any atom is 0.291 e. The summed E-state index contributed by atoms with van der Waals surface area (Å²) < 4.78 is 28.4. The number of rotatable bonds is 6. The number of sulfone groups is 1. The smallest absolute Gasteiger partial charge is 0.291 e. The number of amides is 1. The molecule has 0 bridgehead atoms. The minimum atomic E-state index is -3.10. The van der Waals surface area contributed by atoms with Crippen molar-refractivity contribution in [1.29, 1.82) is 0 Å². The Morgan fingerprint density at radius 2 is 1.96 bits per heavy atom. The van der Waals surface area contributed by atoms with Crippen LogP contribution >= 0.6 is 11.6 Å². The zero-order valence-corrected chi connectivity index (χ0v) is 15.3. The summed E-state index contributed by atoms with van der Waals surface area (Å²) >= 11 is 5.85. The molecule has 0 spiro atoms. The molecule has 3 rings (SSSR count). The summed E-state index contributed by atoms with van der Waals surface area (Å²) in [7, 11) is -3.10. The van der Waals surface area contributed by atoms with Gasteiger partial charge < -0.3 is 9.73 Å². The number of halogens is 1. The molecule has 1 saturated heterocycles. The maximum absolute atomic E-state index is 12.8. The number of nitrogens with one attached hydrogen (secondary N) is 1. The van der Waals surface area contributed by atoms with Gasteiger partial charge in [-0.25, -0.2) is 8.42 Å². The monoisotopic (exact) mass is 397 g/mol. The molecule has 1 amide bonds. The van der Waals surface area contributed by atoms with Gasteiger partial charge in [0.2, 0.25) is 11.9 Å². The predicted octanol–water partition coefficient (Wildman–Crippen LogP) is 0.622. The first-order valence-corrected chi connectivity index (χ1v) is 10.2. The Bertz CT molecular complexity index is 894. The first-order chi connectivity index (χ1) is 12.3. The summed E-state index contributed by atoms with van der Waals surface area (Å²) in [6, 6.07) is 9.06. The third-order valence-corrected chi connectivity index (χ3v) is 6.22. The van der Waals surface area contributed by atoms with Crippen LogP contribution in [0.5, 0.6) is 0 Å². The van der Waals surface area contributed by atoms with Crippen molar-refractivity contribution >= 4 is 33.1 Å². The number of quaternary nitrogens is 1. The van der Waals surface area contributed by atoms with Crippen LogP contribution in [-0.4, -0.2) is 43.8 Å². The lowest BCUT2D eigenvalue weighted by atomic mass is 10.1. The lowest BCUT2D eigenvalue weighted by Gasteiger charge is -2.19. The van der Waals surface area contributed by atoms with Crippen LogP contribution in [0.3, 0.4) is 0 Å². The normalized spacial score (nSPS) is 19.8. The minimum absolute atomic E-state index is 0.0198. The van der Waals surface area contributed by atoms with Crippen molar-refractivity contribution in [2.45, 2.75) is 18.6 Å². The van der Waals surface area contributed by atoms with Gasteiger partial charge in [0.15, 0.2) is 15.6 Å². The van der Waals surface area contributed by atoms with Crippen molar-refractivity contribution < 1.29 is 27.7 Å². The average Bonchev–Trinajstić information content (AvgIpc) is 3.24. The summed E-state index contributed by atoms with van der Waals surface area (Å²) in [5.74, 6) is -0.743. The van der Waals surface area contributed by atoms with Crippen molar-refractivity contribution in [3.8, 4) is 0 Å². The van der Waals surface area contributed by atoms with E-state index in [0.717, 1.165) is 0 Å². The molecule has 138 valence electrons. The summed E-state index contributed by atoms with van der Waals surface area (Å²) in [6.45, 7) is 0. The molecule has 2 aromatic rings. The zero-order chi connectivity index (χ0) is 18.7. The summed E-state index contributed by atoms with van der Waals surface area (Å²) in [4.78, 5) is 25.1. The summed E-state index contributed by atoms with van der Waals surface area (Å²) in [5, 5.41) is 4.71. The SMILES string of the molecule is O=C(N[C@@H]([NH2+][C@@H]1CCS(=O)(=O)C1)C(=O)c1ccc(Cl)cc1)c1ccco1. The second-order valence-corrected chi connectivity index (χ2v) is 8.82. The molecule has 1 aliphatic heterocycles. The molecule has 3 N–H and O–H groups in total. The van der Waals surface area contributed by atoms with Crippen LogP contribution in [0.1, 0.15) is 27.3 Å². The van der Waals surface area contributed by atoms with Crippen molar-refractivity contribution in [3.05, 3.63) is 59.0 Å². The largest absolute Gasteiger partial charge is 0.459 e. The van der Waals surface area contributed by atoms with Crippen LogP contribution < -0.4 is 10.6 Å². The number of ketones is 1. The molecule has 2 atom stereocenters. The fourth-order valence-corrected chi connectivity index (χ4v) is 4.75. The number of benzene rings is 1. The van der Waals surface area contributed by atoms with E-state index in [1.54, 1.807) is 35.6 Å². The van der Waals surface area contributed by atoms with E-state index >= 15 is 0 Å². The van der Waals surface area contributed by atoms with E-state index in [4.69, 9.17) is 16.0 Å². The van der Waals surface area contributed by atoms with E-state index in [1.165, 1.54) is 12.3 Å². The topological polar surface area (TPSA) is 110 Å². The molecule has 0 radical (unpaired) electrons. The third kappa shape index (κ3) is 4.51. The Balaban J connectivity index is 1.79. The highest BCUT2D eigenvalue weighted by Gasteiger charge is 2.36. The Labute approximate surface area is 155 Å². The second kappa shape index (κ2) is 7.61. The molecule has 1 fully saturated rings. The third-order valence-electron chi connectivity index (χ3n) is 4.18. The minimum Gasteiger partial charge on any atom is -0.459 e. The van der Waals surface area contributed by atoms with Crippen LogP contribution in [0.25, 0.3) is 0 Å². The van der Waals surface area contributed by atoms with E-state index < -0.39 is 21.9 Å². The fraction of sp³-hybridized carbons (Fsp3) is 0.294. The van der Waals surface area contributed by atoms with Crippen molar-refractivity contribution in [3.63, 3.8) is 0 Å². The van der Waals surface area contributed by atoms with Gasteiger partial charge in [-0.1, -0.05) is 11.6 Å². The molecule has 9 heteroatoms. The molecule has 2 heterocycles. The number of furan rings is 1. The highest BCUT2D eigenvalue weighted by molar-refractivity contribution is 7.91. The molecule has 1 aliphatic rings. The molecule has 0 saturated carbocycles. The number of nitrogens with two attached hydrogens (primary N) is 1. The lowest BCUT2D eigenvalue weighted by Crippen LogP contribution is -3.00. The molecular formula is C17H18ClN2O5S+. The van der Waals surface area contributed by atoms with Gasteiger partial charge in [0.1, 0.15) is 11.8 Å².